The average molecular weight is 328 g/mol. The summed E-state index contributed by atoms with van der Waals surface area (Å²) in [6.45, 7) is 0. The van der Waals surface area contributed by atoms with E-state index in [2.05, 4.69) is 15.3 Å². The maximum Gasteiger partial charge on any atom is 0.253 e. The molecule has 126 valence electrons. The molecule has 0 saturated heterocycles. The third-order valence-corrected chi connectivity index (χ3v) is 4.29. The van der Waals surface area contributed by atoms with Gasteiger partial charge in [0.1, 0.15) is 11.6 Å². The SMILES string of the molecule is COc1cncc([C@H](NC(=O)c2ccc(N)nc2)C2CC(O)C2)c1. The molecule has 1 aliphatic rings. The molecule has 1 amide bonds. The molecule has 7 heteroatoms. The summed E-state index contributed by atoms with van der Waals surface area (Å²) in [7, 11) is 1.57. The number of rotatable bonds is 5. The summed E-state index contributed by atoms with van der Waals surface area (Å²) in [4.78, 5) is 20.6. The molecular formula is C17H20N4O3. The number of methoxy groups -OCH3 is 1. The summed E-state index contributed by atoms with van der Waals surface area (Å²) < 4.78 is 5.21. The largest absolute Gasteiger partial charge is 0.495 e. The summed E-state index contributed by atoms with van der Waals surface area (Å²) in [5.74, 6) is 0.902. The lowest BCUT2D eigenvalue weighted by Gasteiger charge is -2.38. The van der Waals surface area contributed by atoms with Crippen LogP contribution in [0.1, 0.15) is 34.8 Å². The molecule has 3 rings (SSSR count). The molecule has 0 aliphatic heterocycles. The Labute approximate surface area is 139 Å². The van der Waals surface area contributed by atoms with Gasteiger partial charge in [-0.25, -0.2) is 4.98 Å². The molecule has 0 unspecified atom stereocenters. The van der Waals surface area contributed by atoms with E-state index >= 15 is 0 Å². The van der Waals surface area contributed by atoms with Gasteiger partial charge in [0.05, 0.1) is 31.0 Å². The number of nitrogen functional groups attached to an aromatic ring is 1. The topological polar surface area (TPSA) is 110 Å². The number of anilines is 1. The predicted molar refractivity (Wildman–Crippen MR) is 88.4 cm³/mol. The van der Waals surface area contributed by atoms with Gasteiger partial charge in [0, 0.05) is 12.4 Å². The Morgan fingerprint density at radius 3 is 2.79 bits per heavy atom. The van der Waals surface area contributed by atoms with E-state index < -0.39 is 0 Å². The van der Waals surface area contributed by atoms with Gasteiger partial charge in [-0.3, -0.25) is 9.78 Å². The molecule has 0 spiro atoms. The maximum atomic E-state index is 12.5. The summed E-state index contributed by atoms with van der Waals surface area (Å²) in [5.41, 5.74) is 6.84. The molecule has 1 aliphatic carbocycles. The van der Waals surface area contributed by atoms with Crippen molar-refractivity contribution in [2.45, 2.75) is 25.0 Å². The van der Waals surface area contributed by atoms with Gasteiger partial charge in [-0.1, -0.05) is 0 Å². The summed E-state index contributed by atoms with van der Waals surface area (Å²) in [6.07, 6.45) is 5.73. The first-order valence-electron chi connectivity index (χ1n) is 7.76. The average Bonchev–Trinajstić information content (AvgIpc) is 2.57. The van der Waals surface area contributed by atoms with E-state index in [0.717, 1.165) is 5.56 Å². The van der Waals surface area contributed by atoms with Crippen molar-refractivity contribution in [2.24, 2.45) is 5.92 Å². The highest BCUT2D eigenvalue weighted by molar-refractivity contribution is 5.94. The quantitative estimate of drug-likeness (QED) is 0.763. The van der Waals surface area contributed by atoms with E-state index in [1.165, 1.54) is 6.20 Å². The van der Waals surface area contributed by atoms with Crippen LogP contribution < -0.4 is 15.8 Å². The lowest BCUT2D eigenvalue weighted by Crippen LogP contribution is -2.41. The second-order valence-corrected chi connectivity index (χ2v) is 5.97. The van der Waals surface area contributed by atoms with Gasteiger partial charge < -0.3 is 20.9 Å². The lowest BCUT2D eigenvalue weighted by molar-refractivity contribution is 0.0234. The molecule has 2 heterocycles. The van der Waals surface area contributed by atoms with Crippen molar-refractivity contribution in [1.29, 1.82) is 0 Å². The Balaban J connectivity index is 1.82. The smallest absolute Gasteiger partial charge is 0.253 e. The zero-order valence-electron chi connectivity index (χ0n) is 13.3. The number of aliphatic hydroxyl groups excluding tert-OH is 1. The summed E-state index contributed by atoms with van der Waals surface area (Å²) in [5, 5.41) is 12.6. The molecule has 0 bridgehead atoms. The third-order valence-electron chi connectivity index (χ3n) is 4.29. The first-order valence-corrected chi connectivity index (χ1v) is 7.76. The van der Waals surface area contributed by atoms with Crippen molar-refractivity contribution in [3.05, 3.63) is 47.9 Å². The first kappa shape index (κ1) is 16.2. The van der Waals surface area contributed by atoms with Crippen LogP contribution in [0.5, 0.6) is 5.75 Å². The Bertz CT molecular complexity index is 714. The Hall–Kier alpha value is -2.67. The van der Waals surface area contributed by atoms with Crippen molar-refractivity contribution in [3.63, 3.8) is 0 Å². The van der Waals surface area contributed by atoms with Gasteiger partial charge in [-0.2, -0.15) is 0 Å². The lowest BCUT2D eigenvalue weighted by atomic mass is 9.75. The fraction of sp³-hybridized carbons (Fsp3) is 0.353. The van der Waals surface area contributed by atoms with Crippen LogP contribution in [0.4, 0.5) is 5.82 Å². The van der Waals surface area contributed by atoms with Crippen molar-refractivity contribution >= 4 is 11.7 Å². The zero-order chi connectivity index (χ0) is 17.1. The highest BCUT2D eigenvalue weighted by Crippen LogP contribution is 2.38. The fourth-order valence-electron chi connectivity index (χ4n) is 2.86. The number of amides is 1. The van der Waals surface area contributed by atoms with Crippen LogP contribution in [0.3, 0.4) is 0 Å². The minimum atomic E-state index is -0.314. The number of nitrogens with two attached hydrogens (primary N) is 1. The summed E-state index contributed by atoms with van der Waals surface area (Å²) >= 11 is 0. The number of aliphatic hydroxyl groups is 1. The molecule has 2 aromatic rings. The van der Waals surface area contributed by atoms with Crippen LogP contribution in [0.2, 0.25) is 0 Å². The molecule has 0 radical (unpaired) electrons. The van der Waals surface area contributed by atoms with Crippen LogP contribution in [0, 0.1) is 5.92 Å². The molecular weight excluding hydrogens is 308 g/mol. The van der Waals surface area contributed by atoms with Crippen LogP contribution in [-0.2, 0) is 0 Å². The number of aromatic nitrogens is 2. The van der Waals surface area contributed by atoms with Gasteiger partial charge >= 0.3 is 0 Å². The zero-order valence-corrected chi connectivity index (χ0v) is 13.3. The molecule has 0 aromatic carbocycles. The third kappa shape index (κ3) is 3.46. The maximum absolute atomic E-state index is 12.5. The van der Waals surface area contributed by atoms with Crippen LogP contribution in [0.15, 0.2) is 36.8 Å². The van der Waals surface area contributed by atoms with Gasteiger partial charge in [0.2, 0.25) is 0 Å². The minimum absolute atomic E-state index is 0.152. The Morgan fingerprint density at radius 1 is 1.38 bits per heavy atom. The number of carbonyl (C=O) groups is 1. The van der Waals surface area contributed by atoms with Gasteiger partial charge in [0.25, 0.3) is 5.91 Å². The number of hydrogen-bond acceptors (Lipinski definition) is 6. The molecule has 4 N–H and O–H groups in total. The van der Waals surface area contributed by atoms with E-state index in [-0.39, 0.29) is 24.0 Å². The van der Waals surface area contributed by atoms with Crippen molar-refractivity contribution in [3.8, 4) is 5.75 Å². The summed E-state index contributed by atoms with van der Waals surface area (Å²) in [6, 6.07) is 4.82. The van der Waals surface area contributed by atoms with Gasteiger partial charge in [0.15, 0.2) is 0 Å². The van der Waals surface area contributed by atoms with E-state index in [0.29, 0.717) is 30.0 Å². The van der Waals surface area contributed by atoms with E-state index in [1.807, 2.05) is 6.07 Å². The van der Waals surface area contributed by atoms with Crippen LogP contribution in [0.25, 0.3) is 0 Å². The van der Waals surface area contributed by atoms with Gasteiger partial charge in [-0.05, 0) is 42.5 Å². The Kier molecular flexibility index (Phi) is 4.61. The van der Waals surface area contributed by atoms with Crippen LogP contribution in [-0.4, -0.2) is 34.2 Å². The normalized spacial score (nSPS) is 20.8. The number of nitrogens with zero attached hydrogens (tertiary/aromatic N) is 2. The van der Waals surface area contributed by atoms with Crippen molar-refractivity contribution in [2.75, 3.05) is 12.8 Å². The van der Waals surface area contributed by atoms with E-state index in [4.69, 9.17) is 10.5 Å². The van der Waals surface area contributed by atoms with Crippen LogP contribution >= 0.6 is 0 Å². The standard InChI is InChI=1S/C17H20N4O3/c1-24-14-6-12(7-19-9-14)16(11-4-13(22)5-11)21-17(23)10-2-3-15(18)20-8-10/h2-3,6-9,11,13,16,22H,4-5H2,1H3,(H2,18,20)(H,21,23)/t11?,13?,16-/m1/s1. The number of pyridine rings is 2. The second kappa shape index (κ2) is 6.84. The number of nitrogens with one attached hydrogen (secondary N) is 1. The number of carbonyl (C=O) groups excluding carboxylic acids is 1. The molecule has 7 nitrogen and oxygen atoms in total. The van der Waals surface area contributed by atoms with E-state index in [9.17, 15) is 9.90 Å². The number of ether oxygens (including phenoxy) is 1. The molecule has 1 atom stereocenters. The molecule has 2 aromatic heterocycles. The highest BCUT2D eigenvalue weighted by Gasteiger charge is 2.36. The second-order valence-electron chi connectivity index (χ2n) is 5.97. The fourth-order valence-corrected chi connectivity index (χ4v) is 2.86. The first-order chi connectivity index (χ1) is 11.6. The number of hydrogen-bond donors (Lipinski definition) is 3. The van der Waals surface area contributed by atoms with E-state index in [1.54, 1.807) is 31.6 Å². The monoisotopic (exact) mass is 328 g/mol. The predicted octanol–water partition coefficient (Wildman–Crippen LogP) is 1.31. The highest BCUT2D eigenvalue weighted by atomic mass is 16.5. The Morgan fingerprint density at radius 2 is 2.17 bits per heavy atom. The minimum Gasteiger partial charge on any atom is -0.495 e. The van der Waals surface area contributed by atoms with Gasteiger partial charge in [-0.15, -0.1) is 0 Å². The molecule has 1 saturated carbocycles. The molecule has 24 heavy (non-hydrogen) atoms. The van der Waals surface area contributed by atoms with Crippen molar-refractivity contribution in [1.82, 2.24) is 15.3 Å². The molecule has 1 fully saturated rings. The van der Waals surface area contributed by atoms with Crippen molar-refractivity contribution < 1.29 is 14.6 Å².